The number of pyridine rings is 1. The Bertz CT molecular complexity index is 831. The number of amides is 1. The van der Waals surface area contributed by atoms with Gasteiger partial charge in [-0.05, 0) is 55.2 Å². The zero-order valence-corrected chi connectivity index (χ0v) is 17.2. The number of hydrogen-bond donors (Lipinski definition) is 1. The van der Waals surface area contributed by atoms with Crippen molar-refractivity contribution in [2.75, 3.05) is 26.8 Å². The van der Waals surface area contributed by atoms with Gasteiger partial charge in [0, 0.05) is 43.6 Å². The van der Waals surface area contributed by atoms with Crippen LogP contribution in [0.2, 0.25) is 0 Å². The van der Waals surface area contributed by atoms with Crippen LogP contribution < -0.4 is 14.8 Å². The van der Waals surface area contributed by atoms with Crippen LogP contribution in [-0.4, -0.2) is 48.6 Å². The largest absolute Gasteiger partial charge is 0.493 e. The Morgan fingerprint density at radius 3 is 2.59 bits per heavy atom. The van der Waals surface area contributed by atoms with Gasteiger partial charge in [0.25, 0.3) is 5.91 Å². The van der Waals surface area contributed by atoms with Gasteiger partial charge < -0.3 is 19.7 Å². The average molecular weight is 396 g/mol. The van der Waals surface area contributed by atoms with Crippen molar-refractivity contribution in [2.45, 2.75) is 32.4 Å². The van der Waals surface area contributed by atoms with E-state index in [0.29, 0.717) is 18.2 Å². The number of aromatic nitrogens is 1. The van der Waals surface area contributed by atoms with Crippen LogP contribution in [-0.2, 0) is 6.54 Å². The van der Waals surface area contributed by atoms with E-state index in [4.69, 9.17) is 9.47 Å². The van der Waals surface area contributed by atoms with E-state index < -0.39 is 0 Å². The first kappa shape index (κ1) is 20.9. The summed E-state index contributed by atoms with van der Waals surface area (Å²) in [5, 5.41) is 3.60. The third-order valence-electron chi connectivity index (χ3n) is 5.01. The zero-order chi connectivity index (χ0) is 20.6. The first-order valence-corrected chi connectivity index (χ1v) is 9.93. The number of likely N-dealkylation sites (tertiary alicyclic amines) is 1. The molecular weight excluding hydrogens is 366 g/mol. The topological polar surface area (TPSA) is 63.7 Å². The van der Waals surface area contributed by atoms with Crippen molar-refractivity contribution < 1.29 is 14.3 Å². The number of methoxy groups -OCH3 is 1. The molecule has 1 aromatic carbocycles. The summed E-state index contributed by atoms with van der Waals surface area (Å²) in [5.74, 6) is 1.53. The van der Waals surface area contributed by atoms with Crippen molar-refractivity contribution in [3.05, 3.63) is 66.0 Å². The Balaban J connectivity index is 1.50. The van der Waals surface area contributed by atoms with Crippen molar-refractivity contribution >= 4 is 5.91 Å². The molecule has 154 valence electrons. The van der Waals surface area contributed by atoms with Gasteiger partial charge in [-0.1, -0.05) is 12.6 Å². The van der Waals surface area contributed by atoms with Crippen molar-refractivity contribution in [1.29, 1.82) is 0 Å². The highest BCUT2D eigenvalue weighted by Crippen LogP contribution is 2.28. The monoisotopic (exact) mass is 395 g/mol. The van der Waals surface area contributed by atoms with Crippen LogP contribution in [0.1, 0.15) is 35.7 Å². The number of nitrogens with zero attached hydrogens (tertiary/aromatic N) is 2. The Morgan fingerprint density at radius 1 is 1.21 bits per heavy atom. The number of rotatable bonds is 8. The van der Waals surface area contributed by atoms with Gasteiger partial charge in [0.1, 0.15) is 6.61 Å². The molecule has 2 aromatic rings. The summed E-state index contributed by atoms with van der Waals surface area (Å²) < 4.78 is 11.2. The summed E-state index contributed by atoms with van der Waals surface area (Å²) in [5.41, 5.74) is 2.80. The SMILES string of the molecule is C=C(C)COc1cc(CNC2CCN(C(=O)c3ccncc3)CC2)ccc1OC. The summed E-state index contributed by atoms with van der Waals surface area (Å²) in [4.78, 5) is 18.4. The average Bonchev–Trinajstić information content (AvgIpc) is 2.76. The molecule has 6 heteroatoms. The molecule has 0 radical (unpaired) electrons. The summed E-state index contributed by atoms with van der Waals surface area (Å²) in [6.45, 7) is 8.54. The van der Waals surface area contributed by atoms with E-state index in [1.807, 2.05) is 30.0 Å². The summed E-state index contributed by atoms with van der Waals surface area (Å²) in [6.07, 6.45) is 5.19. The number of ether oxygens (including phenoxy) is 2. The molecule has 1 aliphatic rings. The fourth-order valence-corrected chi connectivity index (χ4v) is 3.37. The van der Waals surface area contributed by atoms with E-state index in [1.54, 1.807) is 31.6 Å². The van der Waals surface area contributed by atoms with E-state index in [1.165, 1.54) is 0 Å². The van der Waals surface area contributed by atoms with E-state index in [0.717, 1.165) is 55.1 Å². The van der Waals surface area contributed by atoms with Gasteiger partial charge in [0.05, 0.1) is 7.11 Å². The molecule has 1 amide bonds. The Morgan fingerprint density at radius 2 is 1.93 bits per heavy atom. The van der Waals surface area contributed by atoms with Gasteiger partial charge in [0.2, 0.25) is 0 Å². The van der Waals surface area contributed by atoms with E-state index in [-0.39, 0.29) is 5.91 Å². The lowest BCUT2D eigenvalue weighted by Crippen LogP contribution is -2.44. The lowest BCUT2D eigenvalue weighted by atomic mass is 10.0. The highest BCUT2D eigenvalue weighted by atomic mass is 16.5. The zero-order valence-electron chi connectivity index (χ0n) is 17.2. The second-order valence-corrected chi connectivity index (χ2v) is 7.41. The fraction of sp³-hybridized carbons (Fsp3) is 0.391. The van der Waals surface area contributed by atoms with E-state index >= 15 is 0 Å². The maximum atomic E-state index is 12.5. The molecule has 3 rings (SSSR count). The molecule has 1 saturated heterocycles. The molecule has 0 bridgehead atoms. The normalized spacial score (nSPS) is 14.5. The first-order valence-electron chi connectivity index (χ1n) is 9.93. The standard InChI is InChI=1S/C23H29N3O3/c1-17(2)16-29-22-14-18(4-5-21(22)28-3)15-25-20-8-12-26(13-9-20)23(27)19-6-10-24-11-7-19/h4-7,10-11,14,20,25H,1,8-9,12-13,15-16H2,2-3H3. The number of carbonyl (C=O) groups is 1. The lowest BCUT2D eigenvalue weighted by Gasteiger charge is -2.32. The Labute approximate surface area is 172 Å². The highest BCUT2D eigenvalue weighted by molar-refractivity contribution is 5.94. The number of carbonyl (C=O) groups excluding carboxylic acids is 1. The number of piperidine rings is 1. The molecule has 1 N–H and O–H groups in total. The van der Waals surface area contributed by atoms with Crippen LogP contribution in [0.15, 0.2) is 54.9 Å². The minimum Gasteiger partial charge on any atom is -0.493 e. The Kier molecular flexibility index (Phi) is 7.25. The molecule has 0 atom stereocenters. The number of hydrogen-bond acceptors (Lipinski definition) is 5. The number of benzene rings is 1. The van der Waals surface area contributed by atoms with Crippen molar-refractivity contribution in [1.82, 2.24) is 15.2 Å². The molecule has 2 heterocycles. The lowest BCUT2D eigenvalue weighted by molar-refractivity contribution is 0.0704. The molecule has 6 nitrogen and oxygen atoms in total. The highest BCUT2D eigenvalue weighted by Gasteiger charge is 2.23. The van der Waals surface area contributed by atoms with Crippen LogP contribution in [0.25, 0.3) is 0 Å². The van der Waals surface area contributed by atoms with Gasteiger partial charge in [-0.15, -0.1) is 0 Å². The fourth-order valence-electron chi connectivity index (χ4n) is 3.37. The smallest absolute Gasteiger partial charge is 0.253 e. The van der Waals surface area contributed by atoms with Crippen LogP contribution in [0.3, 0.4) is 0 Å². The minimum atomic E-state index is 0.0836. The summed E-state index contributed by atoms with van der Waals surface area (Å²) in [6, 6.07) is 9.91. The molecule has 0 unspecified atom stereocenters. The van der Waals surface area contributed by atoms with Gasteiger partial charge >= 0.3 is 0 Å². The summed E-state index contributed by atoms with van der Waals surface area (Å²) >= 11 is 0. The van der Waals surface area contributed by atoms with E-state index in [2.05, 4.69) is 16.9 Å². The van der Waals surface area contributed by atoms with Gasteiger partial charge in [0.15, 0.2) is 11.5 Å². The molecule has 0 aliphatic carbocycles. The van der Waals surface area contributed by atoms with Crippen LogP contribution in [0, 0.1) is 0 Å². The molecule has 1 aromatic heterocycles. The van der Waals surface area contributed by atoms with Gasteiger partial charge in [-0.3, -0.25) is 9.78 Å². The van der Waals surface area contributed by atoms with E-state index in [9.17, 15) is 4.79 Å². The van der Waals surface area contributed by atoms with Crippen molar-refractivity contribution in [3.8, 4) is 11.5 Å². The third-order valence-corrected chi connectivity index (χ3v) is 5.01. The molecule has 1 aliphatic heterocycles. The van der Waals surface area contributed by atoms with Crippen molar-refractivity contribution in [3.63, 3.8) is 0 Å². The quantitative estimate of drug-likeness (QED) is 0.694. The first-order chi connectivity index (χ1) is 14.1. The second-order valence-electron chi connectivity index (χ2n) is 7.41. The molecule has 1 fully saturated rings. The second kappa shape index (κ2) is 10.1. The molecule has 29 heavy (non-hydrogen) atoms. The van der Waals surface area contributed by atoms with Gasteiger partial charge in [-0.2, -0.15) is 0 Å². The maximum absolute atomic E-state index is 12.5. The van der Waals surface area contributed by atoms with Crippen molar-refractivity contribution in [2.24, 2.45) is 0 Å². The molecule has 0 spiro atoms. The Hall–Kier alpha value is -2.86. The van der Waals surface area contributed by atoms with Crippen LogP contribution in [0.4, 0.5) is 0 Å². The summed E-state index contributed by atoms with van der Waals surface area (Å²) in [7, 11) is 1.64. The minimum absolute atomic E-state index is 0.0836. The maximum Gasteiger partial charge on any atom is 0.253 e. The third kappa shape index (κ3) is 5.81. The number of nitrogens with one attached hydrogen (secondary N) is 1. The predicted octanol–water partition coefficient (Wildman–Crippen LogP) is 3.44. The predicted molar refractivity (Wildman–Crippen MR) is 113 cm³/mol. The van der Waals surface area contributed by atoms with Crippen LogP contribution >= 0.6 is 0 Å². The van der Waals surface area contributed by atoms with Crippen LogP contribution in [0.5, 0.6) is 11.5 Å². The molecule has 0 saturated carbocycles. The molecular formula is C23H29N3O3. The van der Waals surface area contributed by atoms with Gasteiger partial charge in [-0.25, -0.2) is 0 Å².